The van der Waals surface area contributed by atoms with Crippen LogP contribution < -0.4 is 10.1 Å². The summed E-state index contributed by atoms with van der Waals surface area (Å²) in [5.41, 5.74) is 0. The minimum atomic E-state index is -0.593. The summed E-state index contributed by atoms with van der Waals surface area (Å²) in [4.78, 5) is 0. The maximum absolute atomic E-state index is 9.94. The van der Waals surface area contributed by atoms with Gasteiger partial charge in [-0.1, -0.05) is 15.9 Å². The summed E-state index contributed by atoms with van der Waals surface area (Å²) in [6, 6.07) is 7.52. The number of nitrogens with one attached hydrogen (secondary N) is 1. The molecule has 2 unspecified atom stereocenters. The van der Waals surface area contributed by atoms with Crippen molar-refractivity contribution in [3.05, 3.63) is 40.9 Å². The van der Waals surface area contributed by atoms with E-state index in [1.54, 1.807) is 6.33 Å². The molecular formula is C14H19BrN4O2. The molecule has 0 aliphatic carbocycles. The Hall–Kier alpha value is -1.44. The largest absolute Gasteiger partial charge is 0.491 e. The van der Waals surface area contributed by atoms with Gasteiger partial charge in [0, 0.05) is 18.1 Å². The molecule has 2 aromatic rings. The number of hydrogen-bond acceptors (Lipinski definition) is 5. The number of aliphatic hydroxyl groups excluding tert-OH is 1. The third kappa shape index (κ3) is 4.80. The van der Waals surface area contributed by atoms with Crippen LogP contribution in [0.5, 0.6) is 5.75 Å². The van der Waals surface area contributed by atoms with Crippen molar-refractivity contribution >= 4 is 15.9 Å². The second-order valence-corrected chi connectivity index (χ2v) is 5.76. The van der Waals surface area contributed by atoms with Gasteiger partial charge in [0.1, 0.15) is 30.6 Å². The van der Waals surface area contributed by atoms with Gasteiger partial charge in [0.25, 0.3) is 0 Å². The number of aromatic nitrogens is 3. The van der Waals surface area contributed by atoms with Crippen LogP contribution in [0.15, 0.2) is 35.1 Å². The van der Waals surface area contributed by atoms with Crippen LogP contribution in [0.25, 0.3) is 0 Å². The summed E-state index contributed by atoms with van der Waals surface area (Å²) >= 11 is 3.36. The first-order chi connectivity index (χ1) is 10.1. The van der Waals surface area contributed by atoms with Crippen LogP contribution in [0.3, 0.4) is 0 Å². The van der Waals surface area contributed by atoms with E-state index >= 15 is 0 Å². The predicted molar refractivity (Wildman–Crippen MR) is 83.1 cm³/mol. The van der Waals surface area contributed by atoms with Crippen LogP contribution in [0.2, 0.25) is 0 Å². The normalized spacial score (nSPS) is 13.9. The molecule has 0 saturated carbocycles. The average Bonchev–Trinajstić information content (AvgIpc) is 2.90. The molecule has 1 aromatic carbocycles. The van der Waals surface area contributed by atoms with Crippen molar-refractivity contribution in [1.29, 1.82) is 0 Å². The first kappa shape index (κ1) is 15.9. The summed E-state index contributed by atoms with van der Waals surface area (Å²) in [6.45, 7) is 2.64. The molecule has 0 fully saturated rings. The zero-order valence-electron chi connectivity index (χ0n) is 12.0. The Bertz CT molecular complexity index is 558. The molecule has 7 heteroatoms. The summed E-state index contributed by atoms with van der Waals surface area (Å²) < 4.78 is 8.37. The highest BCUT2D eigenvalue weighted by atomic mass is 79.9. The Morgan fingerprint density at radius 1 is 1.38 bits per heavy atom. The summed E-state index contributed by atoms with van der Waals surface area (Å²) in [7, 11) is 1.89. The van der Waals surface area contributed by atoms with Crippen LogP contribution in [-0.2, 0) is 7.05 Å². The molecule has 2 rings (SSSR count). The standard InChI is InChI=1S/C14H19BrN4O2/c1-10(14-18-17-9-19(14)2)16-7-12(20)8-21-13-5-3-11(15)4-6-13/h3-6,9-10,12,16,20H,7-8H2,1-2H3. The maximum atomic E-state index is 9.94. The molecule has 0 spiro atoms. The van der Waals surface area contributed by atoms with Crippen molar-refractivity contribution in [2.24, 2.45) is 7.05 Å². The van der Waals surface area contributed by atoms with Crippen molar-refractivity contribution in [2.75, 3.05) is 13.2 Å². The van der Waals surface area contributed by atoms with Crippen LogP contribution >= 0.6 is 15.9 Å². The fourth-order valence-electron chi connectivity index (χ4n) is 1.87. The molecule has 21 heavy (non-hydrogen) atoms. The lowest BCUT2D eigenvalue weighted by atomic mass is 10.3. The lowest BCUT2D eigenvalue weighted by Gasteiger charge is -2.17. The molecule has 6 nitrogen and oxygen atoms in total. The molecule has 114 valence electrons. The number of halogens is 1. The second-order valence-electron chi connectivity index (χ2n) is 4.85. The second kappa shape index (κ2) is 7.53. The van der Waals surface area contributed by atoms with Gasteiger partial charge in [0.15, 0.2) is 0 Å². The fourth-order valence-corrected chi connectivity index (χ4v) is 2.13. The van der Waals surface area contributed by atoms with E-state index < -0.39 is 6.10 Å². The number of ether oxygens (including phenoxy) is 1. The van der Waals surface area contributed by atoms with Gasteiger partial charge in [-0.2, -0.15) is 0 Å². The van der Waals surface area contributed by atoms with Crippen molar-refractivity contribution in [3.8, 4) is 5.75 Å². The van der Waals surface area contributed by atoms with E-state index in [2.05, 4.69) is 31.4 Å². The van der Waals surface area contributed by atoms with Gasteiger partial charge in [-0.25, -0.2) is 0 Å². The number of benzene rings is 1. The monoisotopic (exact) mass is 354 g/mol. The molecule has 0 amide bonds. The van der Waals surface area contributed by atoms with E-state index in [9.17, 15) is 5.11 Å². The van der Waals surface area contributed by atoms with E-state index in [1.807, 2.05) is 42.8 Å². The lowest BCUT2D eigenvalue weighted by Crippen LogP contribution is -2.33. The number of hydrogen-bond donors (Lipinski definition) is 2. The van der Waals surface area contributed by atoms with Crippen molar-refractivity contribution in [1.82, 2.24) is 20.1 Å². The first-order valence-corrected chi connectivity index (χ1v) is 7.49. The zero-order chi connectivity index (χ0) is 15.2. The van der Waals surface area contributed by atoms with Crippen molar-refractivity contribution in [2.45, 2.75) is 19.1 Å². The highest BCUT2D eigenvalue weighted by molar-refractivity contribution is 9.10. The minimum absolute atomic E-state index is 0.0137. The molecule has 2 atom stereocenters. The number of aryl methyl sites for hydroxylation is 1. The summed E-state index contributed by atoms with van der Waals surface area (Å²) in [6.07, 6.45) is 1.06. The van der Waals surface area contributed by atoms with Crippen LogP contribution in [0.4, 0.5) is 0 Å². The number of rotatable bonds is 7. The van der Waals surface area contributed by atoms with Gasteiger partial charge in [0.05, 0.1) is 6.04 Å². The molecule has 0 bridgehead atoms. The van der Waals surface area contributed by atoms with Gasteiger partial charge >= 0.3 is 0 Å². The van der Waals surface area contributed by atoms with Gasteiger partial charge in [-0.05, 0) is 31.2 Å². The molecule has 0 aliphatic heterocycles. The molecule has 0 saturated heterocycles. The Morgan fingerprint density at radius 2 is 2.10 bits per heavy atom. The summed E-state index contributed by atoms with van der Waals surface area (Å²) in [5.74, 6) is 1.56. The smallest absolute Gasteiger partial charge is 0.149 e. The quantitative estimate of drug-likeness (QED) is 0.791. The van der Waals surface area contributed by atoms with E-state index in [-0.39, 0.29) is 12.6 Å². The van der Waals surface area contributed by atoms with E-state index in [4.69, 9.17) is 4.74 Å². The topological polar surface area (TPSA) is 72.2 Å². The highest BCUT2D eigenvalue weighted by Gasteiger charge is 2.13. The Morgan fingerprint density at radius 3 is 2.71 bits per heavy atom. The third-order valence-electron chi connectivity index (χ3n) is 3.05. The van der Waals surface area contributed by atoms with Gasteiger partial charge in [-0.3, -0.25) is 0 Å². The van der Waals surface area contributed by atoms with E-state index in [0.717, 1.165) is 16.0 Å². The van der Waals surface area contributed by atoms with Crippen LogP contribution in [0, 0.1) is 0 Å². The Kier molecular flexibility index (Phi) is 5.72. The zero-order valence-corrected chi connectivity index (χ0v) is 13.6. The van der Waals surface area contributed by atoms with E-state index in [1.165, 1.54) is 0 Å². The van der Waals surface area contributed by atoms with Gasteiger partial charge in [-0.15, -0.1) is 10.2 Å². The average molecular weight is 355 g/mol. The van der Waals surface area contributed by atoms with Crippen molar-refractivity contribution in [3.63, 3.8) is 0 Å². The minimum Gasteiger partial charge on any atom is -0.491 e. The number of nitrogens with zero attached hydrogens (tertiary/aromatic N) is 3. The fraction of sp³-hybridized carbons (Fsp3) is 0.429. The molecule has 1 heterocycles. The third-order valence-corrected chi connectivity index (χ3v) is 3.58. The molecule has 0 aliphatic rings. The highest BCUT2D eigenvalue weighted by Crippen LogP contribution is 2.16. The van der Waals surface area contributed by atoms with Gasteiger partial charge < -0.3 is 19.7 Å². The first-order valence-electron chi connectivity index (χ1n) is 6.70. The van der Waals surface area contributed by atoms with Crippen LogP contribution in [-0.4, -0.2) is 39.1 Å². The van der Waals surface area contributed by atoms with Crippen LogP contribution in [0.1, 0.15) is 18.8 Å². The summed E-state index contributed by atoms with van der Waals surface area (Å²) in [5, 5.41) is 21.0. The molecule has 2 N–H and O–H groups in total. The van der Waals surface area contributed by atoms with E-state index in [0.29, 0.717) is 6.54 Å². The Labute approximate surface area is 132 Å². The van der Waals surface area contributed by atoms with Gasteiger partial charge in [0.2, 0.25) is 0 Å². The Balaban J connectivity index is 1.73. The molecular weight excluding hydrogens is 336 g/mol. The number of aliphatic hydroxyl groups is 1. The van der Waals surface area contributed by atoms with Crippen molar-refractivity contribution < 1.29 is 9.84 Å². The maximum Gasteiger partial charge on any atom is 0.149 e. The predicted octanol–water partition coefficient (Wildman–Crippen LogP) is 1.67. The molecule has 0 radical (unpaired) electrons. The SMILES string of the molecule is CC(NCC(O)COc1ccc(Br)cc1)c1nncn1C. The lowest BCUT2D eigenvalue weighted by molar-refractivity contribution is 0.104. The molecule has 1 aromatic heterocycles.